The van der Waals surface area contributed by atoms with E-state index in [2.05, 4.69) is 5.16 Å². The van der Waals surface area contributed by atoms with Gasteiger partial charge in [0.1, 0.15) is 24.2 Å². The highest BCUT2D eigenvalue weighted by Gasteiger charge is 2.20. The molecule has 2 heterocycles. The van der Waals surface area contributed by atoms with E-state index in [-0.39, 0.29) is 18.3 Å². The lowest BCUT2D eigenvalue weighted by Gasteiger charge is -2.04. The van der Waals surface area contributed by atoms with E-state index in [1.807, 2.05) is 25.1 Å². The van der Waals surface area contributed by atoms with Crippen LogP contribution >= 0.6 is 23.2 Å². The number of fused-ring (bicyclic) bond motifs is 1. The fraction of sp³-hybridized carbons (Fsp3) is 0.200. The standard InChI is InChI=1S/C20H15Cl2NO4/c1-11-4-12-2-3-13(7-18(12)26-11)19-9-17(23-27-19)10-25-20(24)14-5-15(21)8-16(22)6-14/h2-3,5-9,11H,4,10H2,1H3. The van der Waals surface area contributed by atoms with Gasteiger partial charge in [-0.3, -0.25) is 0 Å². The monoisotopic (exact) mass is 403 g/mol. The van der Waals surface area contributed by atoms with Crippen molar-refractivity contribution in [3.05, 3.63) is 69.3 Å². The number of aromatic nitrogens is 1. The molecule has 1 aliphatic heterocycles. The molecule has 1 aromatic heterocycles. The average Bonchev–Trinajstić information content (AvgIpc) is 3.23. The van der Waals surface area contributed by atoms with Gasteiger partial charge >= 0.3 is 5.97 Å². The van der Waals surface area contributed by atoms with E-state index in [0.29, 0.717) is 21.5 Å². The molecule has 3 aromatic rings. The van der Waals surface area contributed by atoms with E-state index in [0.717, 1.165) is 17.7 Å². The Morgan fingerprint density at radius 1 is 1.19 bits per heavy atom. The summed E-state index contributed by atoms with van der Waals surface area (Å²) in [5.41, 5.74) is 2.82. The van der Waals surface area contributed by atoms with Crippen molar-refractivity contribution in [1.29, 1.82) is 0 Å². The average molecular weight is 404 g/mol. The Kier molecular flexibility index (Phi) is 4.81. The van der Waals surface area contributed by atoms with Crippen molar-refractivity contribution in [3.63, 3.8) is 0 Å². The summed E-state index contributed by atoms with van der Waals surface area (Å²) < 4.78 is 16.4. The van der Waals surface area contributed by atoms with E-state index in [1.165, 1.54) is 17.7 Å². The topological polar surface area (TPSA) is 61.6 Å². The van der Waals surface area contributed by atoms with Gasteiger partial charge in [-0.1, -0.05) is 40.5 Å². The predicted molar refractivity (Wildman–Crippen MR) is 101 cm³/mol. The lowest BCUT2D eigenvalue weighted by atomic mass is 10.1. The Balaban J connectivity index is 1.44. The predicted octanol–water partition coefficient (Wildman–Crippen LogP) is 5.33. The summed E-state index contributed by atoms with van der Waals surface area (Å²) in [6.45, 7) is 2.01. The summed E-state index contributed by atoms with van der Waals surface area (Å²) in [4.78, 5) is 12.1. The zero-order chi connectivity index (χ0) is 19.0. The fourth-order valence-corrected chi connectivity index (χ4v) is 3.49. The molecule has 1 unspecified atom stereocenters. The van der Waals surface area contributed by atoms with Gasteiger partial charge in [-0.05, 0) is 36.8 Å². The van der Waals surface area contributed by atoms with Gasteiger partial charge in [0.2, 0.25) is 0 Å². The van der Waals surface area contributed by atoms with Crippen molar-refractivity contribution in [2.45, 2.75) is 26.1 Å². The SMILES string of the molecule is CC1Cc2ccc(-c3cc(COC(=O)c4cc(Cl)cc(Cl)c4)no3)cc2O1. The first-order valence-electron chi connectivity index (χ1n) is 8.37. The smallest absolute Gasteiger partial charge is 0.338 e. The minimum atomic E-state index is -0.538. The van der Waals surface area contributed by atoms with Crippen molar-refractivity contribution >= 4 is 29.2 Å². The van der Waals surface area contributed by atoms with Gasteiger partial charge in [-0.15, -0.1) is 0 Å². The van der Waals surface area contributed by atoms with E-state index in [4.69, 9.17) is 37.2 Å². The molecule has 0 bridgehead atoms. The van der Waals surface area contributed by atoms with Gasteiger partial charge in [0.05, 0.1) is 5.56 Å². The van der Waals surface area contributed by atoms with Crippen LogP contribution in [0.1, 0.15) is 28.5 Å². The van der Waals surface area contributed by atoms with Crippen LogP contribution in [0.5, 0.6) is 5.75 Å². The van der Waals surface area contributed by atoms with Crippen LogP contribution in [-0.4, -0.2) is 17.2 Å². The van der Waals surface area contributed by atoms with Crippen LogP contribution in [0, 0.1) is 0 Å². The second kappa shape index (κ2) is 7.25. The molecule has 5 nitrogen and oxygen atoms in total. The molecular formula is C20H15Cl2NO4. The van der Waals surface area contributed by atoms with E-state index >= 15 is 0 Å². The lowest BCUT2D eigenvalue weighted by molar-refractivity contribution is 0.0464. The lowest BCUT2D eigenvalue weighted by Crippen LogP contribution is -2.05. The quantitative estimate of drug-likeness (QED) is 0.550. The van der Waals surface area contributed by atoms with Crippen LogP contribution in [0.2, 0.25) is 10.0 Å². The maximum atomic E-state index is 12.1. The highest BCUT2D eigenvalue weighted by Crippen LogP contribution is 2.33. The molecule has 0 saturated carbocycles. The maximum Gasteiger partial charge on any atom is 0.338 e. The molecule has 0 amide bonds. The Bertz CT molecular complexity index is 995. The Morgan fingerprint density at radius 3 is 2.74 bits per heavy atom. The molecule has 2 aromatic carbocycles. The molecule has 0 aliphatic carbocycles. The first-order valence-corrected chi connectivity index (χ1v) is 9.12. The van der Waals surface area contributed by atoms with Gasteiger partial charge in [0.15, 0.2) is 5.76 Å². The van der Waals surface area contributed by atoms with Gasteiger partial charge in [0.25, 0.3) is 0 Å². The van der Waals surface area contributed by atoms with Crippen molar-refractivity contribution in [3.8, 4) is 17.1 Å². The second-order valence-electron chi connectivity index (χ2n) is 6.37. The number of benzene rings is 2. The molecule has 0 saturated heterocycles. The third-order valence-corrected chi connectivity index (χ3v) is 4.63. The van der Waals surface area contributed by atoms with Gasteiger partial charge in [0, 0.05) is 28.1 Å². The Labute approximate surface area is 165 Å². The van der Waals surface area contributed by atoms with E-state index in [9.17, 15) is 4.79 Å². The summed E-state index contributed by atoms with van der Waals surface area (Å²) >= 11 is 11.8. The third-order valence-electron chi connectivity index (χ3n) is 4.20. The number of esters is 1. The molecule has 4 rings (SSSR count). The van der Waals surface area contributed by atoms with E-state index in [1.54, 1.807) is 12.1 Å². The number of halogens is 2. The summed E-state index contributed by atoms with van der Waals surface area (Å²) in [6, 6.07) is 12.2. The van der Waals surface area contributed by atoms with Crippen LogP contribution in [0.3, 0.4) is 0 Å². The van der Waals surface area contributed by atoms with E-state index < -0.39 is 5.97 Å². The van der Waals surface area contributed by atoms with Crippen molar-refractivity contribution in [2.75, 3.05) is 0 Å². The second-order valence-corrected chi connectivity index (χ2v) is 7.24. The normalized spacial score (nSPS) is 15.3. The van der Waals surface area contributed by atoms with Gasteiger partial charge < -0.3 is 14.0 Å². The number of carbonyl (C=O) groups is 1. The Morgan fingerprint density at radius 2 is 1.96 bits per heavy atom. The van der Waals surface area contributed by atoms with Gasteiger partial charge in [-0.2, -0.15) is 0 Å². The number of rotatable bonds is 4. The number of carbonyl (C=O) groups excluding carboxylic acids is 1. The van der Waals surface area contributed by atoms with Crippen LogP contribution in [0.15, 0.2) is 47.0 Å². The summed E-state index contributed by atoms with van der Waals surface area (Å²) in [6.07, 6.45) is 1.08. The molecule has 0 radical (unpaired) electrons. The molecule has 0 N–H and O–H groups in total. The number of nitrogens with zero attached hydrogens (tertiary/aromatic N) is 1. The Hall–Kier alpha value is -2.50. The molecule has 1 atom stereocenters. The summed E-state index contributed by atoms with van der Waals surface area (Å²) in [5, 5.41) is 4.69. The number of ether oxygens (including phenoxy) is 2. The summed E-state index contributed by atoms with van der Waals surface area (Å²) in [5.74, 6) is 0.906. The largest absolute Gasteiger partial charge is 0.490 e. The first kappa shape index (κ1) is 17.9. The molecule has 138 valence electrons. The van der Waals surface area contributed by atoms with Crippen LogP contribution in [0.25, 0.3) is 11.3 Å². The summed E-state index contributed by atoms with van der Waals surface area (Å²) in [7, 11) is 0. The third kappa shape index (κ3) is 3.94. The maximum absolute atomic E-state index is 12.1. The van der Waals surface area contributed by atoms with Gasteiger partial charge in [-0.25, -0.2) is 4.79 Å². The van der Waals surface area contributed by atoms with Crippen molar-refractivity contribution in [1.82, 2.24) is 5.16 Å². The van der Waals surface area contributed by atoms with Crippen LogP contribution in [-0.2, 0) is 17.8 Å². The highest BCUT2D eigenvalue weighted by molar-refractivity contribution is 6.35. The molecule has 0 fully saturated rings. The minimum Gasteiger partial charge on any atom is -0.490 e. The molecule has 1 aliphatic rings. The van der Waals surface area contributed by atoms with Crippen LogP contribution < -0.4 is 4.74 Å². The number of hydrogen-bond donors (Lipinski definition) is 0. The van der Waals surface area contributed by atoms with Crippen molar-refractivity contribution in [2.24, 2.45) is 0 Å². The highest BCUT2D eigenvalue weighted by atomic mass is 35.5. The molecule has 27 heavy (non-hydrogen) atoms. The molecule has 0 spiro atoms. The molecule has 7 heteroatoms. The fourth-order valence-electron chi connectivity index (χ4n) is 2.96. The van der Waals surface area contributed by atoms with Crippen molar-refractivity contribution < 1.29 is 18.8 Å². The molecular weight excluding hydrogens is 389 g/mol. The minimum absolute atomic E-state index is 0.0229. The zero-order valence-corrected chi connectivity index (χ0v) is 15.9. The zero-order valence-electron chi connectivity index (χ0n) is 14.4. The first-order chi connectivity index (χ1) is 13.0. The number of hydrogen-bond acceptors (Lipinski definition) is 5. The van der Waals surface area contributed by atoms with Crippen LogP contribution in [0.4, 0.5) is 0 Å².